The fraction of sp³-hybridized carbons (Fsp3) is 0.667. The lowest BCUT2D eigenvalue weighted by Crippen LogP contribution is -2.31. The average Bonchev–Trinajstić information content (AvgIpc) is 2.45. The van der Waals surface area contributed by atoms with Gasteiger partial charge in [0.1, 0.15) is 5.69 Å². The van der Waals surface area contributed by atoms with Crippen molar-refractivity contribution in [3.63, 3.8) is 0 Å². The van der Waals surface area contributed by atoms with Crippen LogP contribution in [0.2, 0.25) is 0 Å². The Bertz CT molecular complexity index is 316. The van der Waals surface area contributed by atoms with Crippen molar-refractivity contribution in [3.8, 4) is 0 Å². The first-order valence-electron chi connectivity index (χ1n) is 4.76. The van der Waals surface area contributed by atoms with Gasteiger partial charge in [-0.3, -0.25) is 0 Å². The van der Waals surface area contributed by atoms with Crippen LogP contribution in [0.15, 0.2) is 0 Å². The van der Waals surface area contributed by atoms with Gasteiger partial charge in [0.05, 0.1) is 5.69 Å². The molecule has 0 radical (unpaired) electrons. The van der Waals surface area contributed by atoms with E-state index in [0.717, 1.165) is 25.3 Å². The topological polar surface area (TPSA) is 33.1 Å². The minimum Gasteiger partial charge on any atom is -0.379 e. The Morgan fingerprint density at radius 2 is 2.31 bits per heavy atom. The zero-order valence-corrected chi connectivity index (χ0v) is 8.46. The van der Waals surface area contributed by atoms with Gasteiger partial charge in [0.15, 0.2) is 5.82 Å². The van der Waals surface area contributed by atoms with Crippen LogP contribution in [-0.2, 0) is 6.54 Å². The van der Waals surface area contributed by atoms with Crippen molar-refractivity contribution < 1.29 is 0 Å². The van der Waals surface area contributed by atoms with Gasteiger partial charge in [-0.2, -0.15) is 5.10 Å². The summed E-state index contributed by atoms with van der Waals surface area (Å²) in [7, 11) is 2.12. The van der Waals surface area contributed by atoms with Gasteiger partial charge in [-0.15, -0.1) is 0 Å². The second-order valence-corrected chi connectivity index (χ2v) is 3.45. The maximum absolute atomic E-state index is 4.47. The monoisotopic (exact) mass is 180 g/mol. The SMILES string of the molecule is CCn1nc(C)c2c1N(C)CCN2. The van der Waals surface area contributed by atoms with Gasteiger partial charge < -0.3 is 10.2 Å². The van der Waals surface area contributed by atoms with E-state index >= 15 is 0 Å². The standard InChI is InChI=1S/C9H16N4/c1-4-13-9-8(7(2)11-13)10-5-6-12(9)3/h10H,4-6H2,1-3H3. The number of nitrogens with one attached hydrogen (secondary N) is 1. The molecule has 1 aromatic heterocycles. The second kappa shape index (κ2) is 2.94. The van der Waals surface area contributed by atoms with E-state index in [1.54, 1.807) is 0 Å². The largest absolute Gasteiger partial charge is 0.379 e. The second-order valence-electron chi connectivity index (χ2n) is 3.45. The summed E-state index contributed by atoms with van der Waals surface area (Å²) in [5.41, 5.74) is 2.30. The molecule has 2 heterocycles. The van der Waals surface area contributed by atoms with Crippen molar-refractivity contribution in [1.29, 1.82) is 0 Å². The number of anilines is 2. The molecule has 4 heteroatoms. The first-order chi connectivity index (χ1) is 6.24. The maximum atomic E-state index is 4.47. The van der Waals surface area contributed by atoms with Crippen LogP contribution in [0, 0.1) is 6.92 Å². The summed E-state index contributed by atoms with van der Waals surface area (Å²) in [6, 6.07) is 0. The number of aryl methyl sites for hydroxylation is 2. The Morgan fingerprint density at radius 3 is 3.00 bits per heavy atom. The van der Waals surface area contributed by atoms with Crippen LogP contribution < -0.4 is 10.2 Å². The van der Waals surface area contributed by atoms with Crippen molar-refractivity contribution in [3.05, 3.63) is 5.69 Å². The van der Waals surface area contributed by atoms with Crippen molar-refractivity contribution in [2.75, 3.05) is 30.4 Å². The van der Waals surface area contributed by atoms with Crippen molar-refractivity contribution in [2.45, 2.75) is 20.4 Å². The number of nitrogens with zero attached hydrogens (tertiary/aromatic N) is 3. The zero-order chi connectivity index (χ0) is 9.42. The fourth-order valence-corrected chi connectivity index (χ4v) is 1.84. The molecule has 0 atom stereocenters. The van der Waals surface area contributed by atoms with Crippen LogP contribution in [0.5, 0.6) is 0 Å². The molecule has 0 bridgehead atoms. The molecule has 2 rings (SSSR count). The van der Waals surface area contributed by atoms with E-state index in [0.29, 0.717) is 0 Å². The summed E-state index contributed by atoms with van der Waals surface area (Å²) in [5.74, 6) is 1.23. The number of likely N-dealkylation sites (N-methyl/N-ethyl adjacent to an activating group) is 1. The van der Waals surface area contributed by atoms with Crippen LogP contribution in [0.1, 0.15) is 12.6 Å². The van der Waals surface area contributed by atoms with E-state index in [9.17, 15) is 0 Å². The fourth-order valence-electron chi connectivity index (χ4n) is 1.84. The van der Waals surface area contributed by atoms with Gasteiger partial charge in [0.2, 0.25) is 0 Å². The average molecular weight is 180 g/mol. The third-order valence-electron chi connectivity index (χ3n) is 2.51. The van der Waals surface area contributed by atoms with E-state index < -0.39 is 0 Å². The molecule has 0 saturated heterocycles. The summed E-state index contributed by atoms with van der Waals surface area (Å²) in [6.07, 6.45) is 0. The summed E-state index contributed by atoms with van der Waals surface area (Å²) < 4.78 is 2.05. The number of aromatic nitrogens is 2. The highest BCUT2D eigenvalue weighted by molar-refractivity contribution is 5.70. The molecule has 0 spiro atoms. The number of hydrogen-bond acceptors (Lipinski definition) is 3. The molecule has 1 aliphatic rings. The van der Waals surface area contributed by atoms with Gasteiger partial charge in [-0.05, 0) is 13.8 Å². The summed E-state index contributed by atoms with van der Waals surface area (Å²) >= 11 is 0. The summed E-state index contributed by atoms with van der Waals surface area (Å²) in [5, 5.41) is 7.86. The Morgan fingerprint density at radius 1 is 1.54 bits per heavy atom. The molecule has 1 aliphatic heterocycles. The first kappa shape index (κ1) is 8.41. The lowest BCUT2D eigenvalue weighted by atomic mass is 10.3. The minimum absolute atomic E-state index is 0.933. The first-order valence-corrected chi connectivity index (χ1v) is 4.76. The van der Waals surface area contributed by atoms with E-state index in [1.807, 2.05) is 0 Å². The van der Waals surface area contributed by atoms with Gasteiger partial charge >= 0.3 is 0 Å². The number of rotatable bonds is 1. The molecule has 0 aliphatic carbocycles. The highest BCUT2D eigenvalue weighted by atomic mass is 15.4. The molecule has 0 amide bonds. The maximum Gasteiger partial charge on any atom is 0.150 e. The van der Waals surface area contributed by atoms with Crippen molar-refractivity contribution >= 4 is 11.5 Å². The highest BCUT2D eigenvalue weighted by Crippen LogP contribution is 2.30. The Kier molecular flexibility index (Phi) is 1.90. The minimum atomic E-state index is 0.933. The molecule has 1 aromatic rings. The molecule has 1 N–H and O–H groups in total. The molecular formula is C9H16N4. The Balaban J connectivity index is 2.52. The molecule has 0 aromatic carbocycles. The van der Waals surface area contributed by atoms with Gasteiger partial charge in [-0.1, -0.05) is 0 Å². The molecule has 72 valence electrons. The molecule has 0 unspecified atom stereocenters. The van der Waals surface area contributed by atoms with E-state index in [2.05, 4.69) is 40.9 Å². The molecular weight excluding hydrogens is 164 g/mol. The van der Waals surface area contributed by atoms with E-state index in [1.165, 1.54) is 11.5 Å². The van der Waals surface area contributed by atoms with Crippen LogP contribution in [0.4, 0.5) is 11.5 Å². The van der Waals surface area contributed by atoms with Crippen LogP contribution in [-0.4, -0.2) is 29.9 Å². The quantitative estimate of drug-likeness (QED) is 0.702. The van der Waals surface area contributed by atoms with Gasteiger partial charge in [0.25, 0.3) is 0 Å². The smallest absolute Gasteiger partial charge is 0.150 e. The molecule has 0 saturated carbocycles. The molecule has 13 heavy (non-hydrogen) atoms. The summed E-state index contributed by atoms with van der Waals surface area (Å²) in [6.45, 7) is 7.17. The third kappa shape index (κ3) is 1.17. The van der Waals surface area contributed by atoms with Gasteiger partial charge in [0, 0.05) is 26.7 Å². The zero-order valence-electron chi connectivity index (χ0n) is 8.46. The predicted molar refractivity (Wildman–Crippen MR) is 54.4 cm³/mol. The Hall–Kier alpha value is -1.19. The third-order valence-corrected chi connectivity index (χ3v) is 2.51. The summed E-state index contributed by atoms with van der Waals surface area (Å²) in [4.78, 5) is 2.26. The van der Waals surface area contributed by atoms with Crippen molar-refractivity contribution in [2.24, 2.45) is 0 Å². The number of hydrogen-bond donors (Lipinski definition) is 1. The Labute approximate surface area is 78.5 Å². The van der Waals surface area contributed by atoms with E-state index in [4.69, 9.17) is 0 Å². The normalized spacial score (nSPS) is 15.5. The van der Waals surface area contributed by atoms with Gasteiger partial charge in [-0.25, -0.2) is 4.68 Å². The predicted octanol–water partition coefficient (Wildman–Crippen LogP) is 1.07. The van der Waals surface area contributed by atoms with E-state index in [-0.39, 0.29) is 0 Å². The van der Waals surface area contributed by atoms with Crippen LogP contribution in [0.3, 0.4) is 0 Å². The van der Waals surface area contributed by atoms with Crippen molar-refractivity contribution in [1.82, 2.24) is 9.78 Å². The highest BCUT2D eigenvalue weighted by Gasteiger charge is 2.20. The number of fused-ring (bicyclic) bond motifs is 1. The lowest BCUT2D eigenvalue weighted by molar-refractivity contribution is 0.640. The van der Waals surface area contributed by atoms with Crippen LogP contribution >= 0.6 is 0 Å². The lowest BCUT2D eigenvalue weighted by Gasteiger charge is -2.26. The molecule has 0 fully saturated rings. The van der Waals surface area contributed by atoms with Crippen LogP contribution in [0.25, 0.3) is 0 Å². The molecule has 4 nitrogen and oxygen atoms in total.